The zero-order valence-electron chi connectivity index (χ0n) is 15.2. The van der Waals surface area contributed by atoms with Crippen LogP contribution in [0.25, 0.3) is 0 Å². The van der Waals surface area contributed by atoms with E-state index < -0.39 is 9.84 Å². The average Bonchev–Trinajstić information content (AvgIpc) is 3.00. The summed E-state index contributed by atoms with van der Waals surface area (Å²) >= 11 is 0. The Balaban J connectivity index is 1.68. The standard InChI is InChI=1S/C19H24N4O2S/c1-14-20-18(22(2)16-9-11-26(24,25)13-16)12-19(21-14)23-10-5-7-15-6-3-4-8-17(15)23/h3-4,6,8,12,16H,5,7,9-11,13H2,1-2H3. The number of sulfone groups is 1. The predicted octanol–water partition coefficient (Wildman–Crippen LogP) is 2.49. The van der Waals surface area contributed by atoms with Crippen LogP contribution in [-0.2, 0) is 16.3 Å². The minimum Gasteiger partial charge on any atom is -0.355 e. The summed E-state index contributed by atoms with van der Waals surface area (Å²) in [5.74, 6) is 2.84. The van der Waals surface area contributed by atoms with Crippen LogP contribution in [0.3, 0.4) is 0 Å². The summed E-state index contributed by atoms with van der Waals surface area (Å²) in [5.41, 5.74) is 2.54. The van der Waals surface area contributed by atoms with Gasteiger partial charge >= 0.3 is 0 Å². The number of hydrogen-bond donors (Lipinski definition) is 0. The summed E-state index contributed by atoms with van der Waals surface area (Å²) in [5, 5.41) is 0. The van der Waals surface area contributed by atoms with Gasteiger partial charge in [-0.15, -0.1) is 0 Å². The van der Waals surface area contributed by atoms with Crippen LogP contribution in [0.5, 0.6) is 0 Å². The Morgan fingerprint density at radius 3 is 2.81 bits per heavy atom. The number of nitrogens with zero attached hydrogens (tertiary/aromatic N) is 4. The van der Waals surface area contributed by atoms with Gasteiger partial charge in [0.2, 0.25) is 0 Å². The highest BCUT2D eigenvalue weighted by molar-refractivity contribution is 7.91. The van der Waals surface area contributed by atoms with Crippen molar-refractivity contribution in [1.29, 1.82) is 0 Å². The first-order valence-electron chi connectivity index (χ1n) is 9.07. The van der Waals surface area contributed by atoms with E-state index in [2.05, 4.69) is 39.1 Å². The number of aryl methyl sites for hydroxylation is 2. The lowest BCUT2D eigenvalue weighted by atomic mass is 10.0. The van der Waals surface area contributed by atoms with E-state index in [4.69, 9.17) is 0 Å². The lowest BCUT2D eigenvalue weighted by molar-refractivity contribution is 0.600. The molecule has 0 bridgehead atoms. The Morgan fingerprint density at radius 1 is 1.23 bits per heavy atom. The maximum atomic E-state index is 11.8. The van der Waals surface area contributed by atoms with E-state index in [1.807, 2.05) is 24.9 Å². The van der Waals surface area contributed by atoms with Crippen molar-refractivity contribution in [3.05, 3.63) is 41.7 Å². The molecule has 0 radical (unpaired) electrons. The SMILES string of the molecule is Cc1nc(N2CCCc3ccccc32)cc(N(C)C2CCS(=O)(=O)C2)n1. The quantitative estimate of drug-likeness (QED) is 0.825. The minimum absolute atomic E-state index is 0.0178. The van der Waals surface area contributed by atoms with Crippen LogP contribution in [-0.4, -0.2) is 49.5 Å². The van der Waals surface area contributed by atoms with Crippen LogP contribution in [0, 0.1) is 6.92 Å². The number of anilines is 3. The molecule has 6 nitrogen and oxygen atoms in total. The molecular weight excluding hydrogens is 348 g/mol. The van der Waals surface area contributed by atoms with Crippen molar-refractivity contribution in [2.45, 2.75) is 32.2 Å². The van der Waals surface area contributed by atoms with Gasteiger partial charge in [-0.3, -0.25) is 0 Å². The molecule has 1 fully saturated rings. The van der Waals surface area contributed by atoms with Gasteiger partial charge in [-0.25, -0.2) is 18.4 Å². The Bertz CT molecular complexity index is 929. The molecule has 2 aromatic rings. The van der Waals surface area contributed by atoms with Gasteiger partial charge in [-0.2, -0.15) is 0 Å². The van der Waals surface area contributed by atoms with Gasteiger partial charge < -0.3 is 9.80 Å². The molecule has 0 spiro atoms. The molecule has 0 N–H and O–H groups in total. The van der Waals surface area contributed by atoms with Gasteiger partial charge in [0.25, 0.3) is 0 Å². The molecule has 0 aliphatic carbocycles. The fourth-order valence-electron chi connectivity index (χ4n) is 3.90. The van der Waals surface area contributed by atoms with Crippen molar-refractivity contribution in [3.63, 3.8) is 0 Å². The van der Waals surface area contributed by atoms with E-state index in [1.54, 1.807) is 0 Å². The maximum Gasteiger partial charge on any atom is 0.152 e. The van der Waals surface area contributed by atoms with E-state index in [1.165, 1.54) is 11.3 Å². The number of rotatable bonds is 3. The van der Waals surface area contributed by atoms with E-state index in [9.17, 15) is 8.42 Å². The van der Waals surface area contributed by atoms with Crippen LogP contribution in [0.15, 0.2) is 30.3 Å². The molecule has 3 heterocycles. The number of para-hydroxylation sites is 1. The Kier molecular flexibility index (Phi) is 4.34. The summed E-state index contributed by atoms with van der Waals surface area (Å²) in [7, 11) is -0.993. The van der Waals surface area contributed by atoms with Crippen LogP contribution < -0.4 is 9.80 Å². The number of benzene rings is 1. The minimum atomic E-state index is -2.92. The van der Waals surface area contributed by atoms with Crippen molar-refractivity contribution in [2.75, 3.05) is 34.9 Å². The molecule has 1 aromatic heterocycles. The second-order valence-electron chi connectivity index (χ2n) is 7.18. The lowest BCUT2D eigenvalue weighted by Crippen LogP contribution is -2.34. The summed E-state index contributed by atoms with van der Waals surface area (Å²) < 4.78 is 23.7. The molecule has 1 unspecified atom stereocenters. The average molecular weight is 372 g/mol. The lowest BCUT2D eigenvalue weighted by Gasteiger charge is -2.32. The van der Waals surface area contributed by atoms with Crippen LogP contribution in [0.2, 0.25) is 0 Å². The summed E-state index contributed by atoms with van der Waals surface area (Å²) in [6.07, 6.45) is 2.83. The fourth-order valence-corrected chi connectivity index (χ4v) is 5.67. The Morgan fingerprint density at radius 2 is 2.04 bits per heavy atom. The molecule has 26 heavy (non-hydrogen) atoms. The molecule has 1 aromatic carbocycles. The first-order chi connectivity index (χ1) is 12.4. The summed E-state index contributed by atoms with van der Waals surface area (Å²) in [6, 6.07) is 10.4. The van der Waals surface area contributed by atoms with Gasteiger partial charge in [0.15, 0.2) is 9.84 Å². The Hall–Kier alpha value is -2.15. The number of aromatic nitrogens is 2. The zero-order chi connectivity index (χ0) is 18.3. The highest BCUT2D eigenvalue weighted by Gasteiger charge is 2.32. The van der Waals surface area contributed by atoms with Crippen molar-refractivity contribution >= 4 is 27.2 Å². The first-order valence-corrected chi connectivity index (χ1v) is 10.9. The molecule has 4 rings (SSSR count). The second kappa shape index (κ2) is 6.54. The van der Waals surface area contributed by atoms with Crippen LogP contribution >= 0.6 is 0 Å². The molecule has 1 atom stereocenters. The van der Waals surface area contributed by atoms with Crippen molar-refractivity contribution in [1.82, 2.24) is 9.97 Å². The maximum absolute atomic E-state index is 11.8. The third-order valence-electron chi connectivity index (χ3n) is 5.32. The molecular formula is C19H24N4O2S. The monoisotopic (exact) mass is 372 g/mol. The third kappa shape index (κ3) is 3.28. The largest absolute Gasteiger partial charge is 0.355 e. The molecule has 1 saturated heterocycles. The van der Waals surface area contributed by atoms with E-state index in [0.29, 0.717) is 12.2 Å². The number of hydrogen-bond acceptors (Lipinski definition) is 6. The highest BCUT2D eigenvalue weighted by atomic mass is 32.2. The normalized spacial score (nSPS) is 21.5. The van der Waals surface area contributed by atoms with Gasteiger partial charge in [0.1, 0.15) is 17.5 Å². The second-order valence-corrected chi connectivity index (χ2v) is 9.41. The Labute approximate surface area is 154 Å². The number of fused-ring (bicyclic) bond motifs is 1. The fraction of sp³-hybridized carbons (Fsp3) is 0.474. The third-order valence-corrected chi connectivity index (χ3v) is 7.07. The van der Waals surface area contributed by atoms with Crippen LogP contribution in [0.1, 0.15) is 24.2 Å². The topological polar surface area (TPSA) is 66.4 Å². The molecule has 2 aliphatic rings. The summed E-state index contributed by atoms with van der Waals surface area (Å²) in [4.78, 5) is 13.5. The van der Waals surface area contributed by atoms with Gasteiger partial charge in [-0.05, 0) is 37.8 Å². The van der Waals surface area contributed by atoms with Gasteiger partial charge in [0, 0.05) is 31.4 Å². The van der Waals surface area contributed by atoms with Crippen molar-refractivity contribution < 1.29 is 8.42 Å². The first kappa shape index (κ1) is 17.3. The van der Waals surface area contributed by atoms with Gasteiger partial charge in [0.05, 0.1) is 11.5 Å². The molecule has 7 heteroatoms. The molecule has 0 saturated carbocycles. The predicted molar refractivity (Wildman–Crippen MR) is 104 cm³/mol. The summed E-state index contributed by atoms with van der Waals surface area (Å²) in [6.45, 7) is 2.82. The molecule has 0 amide bonds. The van der Waals surface area contributed by atoms with Crippen molar-refractivity contribution in [2.24, 2.45) is 0 Å². The molecule has 138 valence electrons. The van der Waals surface area contributed by atoms with Gasteiger partial charge in [-0.1, -0.05) is 18.2 Å². The van der Waals surface area contributed by atoms with Crippen LogP contribution in [0.4, 0.5) is 17.3 Å². The van der Waals surface area contributed by atoms with E-state index in [0.717, 1.165) is 31.0 Å². The highest BCUT2D eigenvalue weighted by Crippen LogP contribution is 2.34. The van der Waals surface area contributed by atoms with E-state index >= 15 is 0 Å². The van der Waals surface area contributed by atoms with E-state index in [-0.39, 0.29) is 17.5 Å². The van der Waals surface area contributed by atoms with Crippen molar-refractivity contribution in [3.8, 4) is 0 Å². The zero-order valence-corrected chi connectivity index (χ0v) is 16.0. The smallest absolute Gasteiger partial charge is 0.152 e. The molecule has 2 aliphatic heterocycles.